The van der Waals surface area contributed by atoms with Crippen LogP contribution in [0.25, 0.3) is 0 Å². The highest BCUT2D eigenvalue weighted by atomic mass is 28.2. The van der Waals surface area contributed by atoms with Crippen LogP contribution in [0.15, 0.2) is 58.0 Å². The van der Waals surface area contributed by atoms with Crippen LogP contribution in [-0.4, -0.2) is 26.4 Å². The SMILES string of the molecule is CC1=C(NC=O)C(NC=O)=CC2=C(C(=[Si](C)C)C(C)(C)C2C2=CC=CC2)C1C. The van der Waals surface area contributed by atoms with Gasteiger partial charge in [0.25, 0.3) is 0 Å². The van der Waals surface area contributed by atoms with Gasteiger partial charge < -0.3 is 10.6 Å². The normalized spacial score (nSPS) is 25.9. The summed E-state index contributed by atoms with van der Waals surface area (Å²) >= 11 is 0. The summed E-state index contributed by atoms with van der Waals surface area (Å²) in [6, 6.07) is 0. The minimum atomic E-state index is -0.700. The van der Waals surface area contributed by atoms with E-state index in [4.69, 9.17) is 0 Å². The molecule has 2 atom stereocenters. The second-order valence-corrected chi connectivity index (χ2v) is 11.1. The van der Waals surface area contributed by atoms with Gasteiger partial charge in [0.1, 0.15) is 0 Å². The molecule has 0 aromatic rings. The summed E-state index contributed by atoms with van der Waals surface area (Å²) in [5.41, 5.74) is 6.62. The predicted octanol–water partition coefficient (Wildman–Crippen LogP) is 3.63. The van der Waals surface area contributed by atoms with E-state index in [0.29, 0.717) is 24.2 Å². The standard InChI is InChI=1S/C23H30N2O2Si/c1-14-15(2)21(25-13-27)18(24-12-26)11-17-19(14)22(28(5)6)23(3,4)20(17)16-9-7-8-10-16/h7-9,11-14,20H,10H2,1-6H3,(H,24,26)(H,25,27). The van der Waals surface area contributed by atoms with E-state index in [0.717, 1.165) is 12.0 Å². The summed E-state index contributed by atoms with van der Waals surface area (Å²) in [5.74, 6) is 0.454. The monoisotopic (exact) mass is 394 g/mol. The number of carbonyl (C=O) groups is 2. The fourth-order valence-electron chi connectivity index (χ4n) is 5.36. The van der Waals surface area contributed by atoms with Crippen LogP contribution in [0.5, 0.6) is 0 Å². The number of nitrogens with one attached hydrogen (secondary N) is 2. The average molecular weight is 395 g/mol. The van der Waals surface area contributed by atoms with E-state index in [1.54, 1.807) is 5.17 Å². The van der Waals surface area contributed by atoms with Crippen LogP contribution >= 0.6 is 0 Å². The van der Waals surface area contributed by atoms with Gasteiger partial charge in [0.2, 0.25) is 12.8 Å². The second kappa shape index (κ2) is 7.63. The van der Waals surface area contributed by atoms with Crippen molar-refractivity contribution in [3.63, 3.8) is 0 Å². The number of carbonyl (C=O) groups excluding carboxylic acids is 2. The second-order valence-electron chi connectivity index (χ2n) is 8.63. The van der Waals surface area contributed by atoms with Crippen LogP contribution in [0.1, 0.15) is 34.1 Å². The van der Waals surface area contributed by atoms with Crippen molar-refractivity contribution in [2.75, 3.05) is 0 Å². The van der Waals surface area contributed by atoms with Gasteiger partial charge in [-0.15, -0.1) is 0 Å². The van der Waals surface area contributed by atoms with Crippen LogP contribution in [0.3, 0.4) is 0 Å². The highest BCUT2D eigenvalue weighted by molar-refractivity contribution is 6.73. The minimum absolute atomic E-state index is 0.0350. The zero-order valence-corrected chi connectivity index (χ0v) is 18.6. The lowest BCUT2D eigenvalue weighted by Crippen LogP contribution is -2.34. The summed E-state index contributed by atoms with van der Waals surface area (Å²) in [5, 5.41) is 7.24. The minimum Gasteiger partial charge on any atom is -0.327 e. The van der Waals surface area contributed by atoms with Crippen LogP contribution < -0.4 is 10.6 Å². The number of allylic oxidation sites excluding steroid dienone is 8. The molecule has 148 valence electrons. The molecule has 0 bridgehead atoms. The van der Waals surface area contributed by atoms with E-state index in [9.17, 15) is 9.59 Å². The van der Waals surface area contributed by atoms with Gasteiger partial charge in [0.15, 0.2) is 0 Å². The molecule has 3 aliphatic carbocycles. The lowest BCUT2D eigenvalue weighted by atomic mass is 9.73. The van der Waals surface area contributed by atoms with Crippen LogP contribution in [0.2, 0.25) is 13.1 Å². The molecule has 0 radical (unpaired) electrons. The topological polar surface area (TPSA) is 58.2 Å². The molecule has 3 rings (SSSR count). The summed E-state index contributed by atoms with van der Waals surface area (Å²) in [4.78, 5) is 22.6. The highest BCUT2D eigenvalue weighted by Crippen LogP contribution is 2.53. The van der Waals surface area contributed by atoms with Crippen molar-refractivity contribution < 1.29 is 9.59 Å². The molecule has 0 aromatic carbocycles. The first kappa shape index (κ1) is 20.5. The molecule has 0 saturated heterocycles. The van der Waals surface area contributed by atoms with Gasteiger partial charge in [-0.05, 0) is 41.6 Å². The molecule has 0 heterocycles. The maximum atomic E-state index is 11.3. The molecule has 4 nitrogen and oxygen atoms in total. The third-order valence-corrected chi connectivity index (χ3v) is 8.31. The molecule has 0 spiro atoms. The smallest absolute Gasteiger partial charge is 0.211 e. The Balaban J connectivity index is 2.32. The van der Waals surface area contributed by atoms with Gasteiger partial charge in [-0.2, -0.15) is 0 Å². The Morgan fingerprint density at radius 1 is 1.18 bits per heavy atom. The van der Waals surface area contributed by atoms with Gasteiger partial charge in [-0.1, -0.05) is 62.8 Å². The van der Waals surface area contributed by atoms with Gasteiger partial charge in [0.05, 0.1) is 11.4 Å². The van der Waals surface area contributed by atoms with Crippen molar-refractivity contribution in [1.29, 1.82) is 0 Å². The largest absolute Gasteiger partial charge is 0.327 e. The summed E-state index contributed by atoms with van der Waals surface area (Å²) in [7, 11) is -0.700. The van der Waals surface area contributed by atoms with Crippen molar-refractivity contribution in [1.82, 2.24) is 10.6 Å². The van der Waals surface area contributed by atoms with E-state index in [-0.39, 0.29) is 17.3 Å². The van der Waals surface area contributed by atoms with Crippen LogP contribution in [-0.2, 0) is 9.59 Å². The Morgan fingerprint density at radius 3 is 2.39 bits per heavy atom. The van der Waals surface area contributed by atoms with E-state index in [2.05, 4.69) is 75.7 Å². The highest BCUT2D eigenvalue weighted by Gasteiger charge is 2.48. The Hall–Kier alpha value is -2.27. The van der Waals surface area contributed by atoms with E-state index in [1.165, 1.54) is 16.7 Å². The lowest BCUT2D eigenvalue weighted by Gasteiger charge is -2.34. The van der Waals surface area contributed by atoms with Gasteiger partial charge in [-0.3, -0.25) is 9.59 Å². The maximum Gasteiger partial charge on any atom is 0.211 e. The van der Waals surface area contributed by atoms with Gasteiger partial charge >= 0.3 is 0 Å². The third-order valence-electron chi connectivity index (χ3n) is 6.39. The first-order valence-corrected chi connectivity index (χ1v) is 12.4. The molecule has 2 unspecified atom stereocenters. The maximum absolute atomic E-state index is 11.3. The Morgan fingerprint density at radius 2 is 1.86 bits per heavy atom. The molecule has 28 heavy (non-hydrogen) atoms. The Bertz CT molecular complexity index is 909. The number of hydrogen-bond donors (Lipinski definition) is 2. The first-order valence-electron chi connectivity index (χ1n) is 9.86. The van der Waals surface area contributed by atoms with E-state index in [1.807, 2.05) is 0 Å². The van der Waals surface area contributed by atoms with E-state index >= 15 is 0 Å². The van der Waals surface area contributed by atoms with E-state index < -0.39 is 8.41 Å². The fraction of sp³-hybridized carbons (Fsp3) is 0.435. The Kier molecular flexibility index (Phi) is 5.57. The van der Waals surface area contributed by atoms with Gasteiger partial charge in [0, 0.05) is 20.2 Å². The van der Waals surface area contributed by atoms with Crippen molar-refractivity contribution in [3.8, 4) is 0 Å². The van der Waals surface area contributed by atoms with Crippen molar-refractivity contribution in [2.24, 2.45) is 17.3 Å². The van der Waals surface area contributed by atoms with Crippen molar-refractivity contribution in [2.45, 2.75) is 47.2 Å². The molecular formula is C23H30N2O2Si. The zero-order chi connectivity index (χ0) is 20.6. The summed E-state index contributed by atoms with van der Waals surface area (Å²) in [6.45, 7) is 13.8. The first-order chi connectivity index (χ1) is 13.3. The summed E-state index contributed by atoms with van der Waals surface area (Å²) < 4.78 is 0. The molecule has 3 aliphatic rings. The third kappa shape index (κ3) is 3.11. The van der Waals surface area contributed by atoms with Crippen LogP contribution in [0.4, 0.5) is 0 Å². The molecule has 2 N–H and O–H groups in total. The molecule has 2 amide bonds. The number of hydrogen-bond acceptors (Lipinski definition) is 2. The van der Waals surface area contributed by atoms with Crippen molar-refractivity contribution >= 4 is 26.4 Å². The van der Waals surface area contributed by atoms with Gasteiger partial charge in [-0.25, -0.2) is 0 Å². The summed E-state index contributed by atoms with van der Waals surface area (Å²) in [6.07, 6.45) is 11.1. The fourth-order valence-corrected chi connectivity index (χ4v) is 7.70. The van der Waals surface area contributed by atoms with Crippen LogP contribution in [0, 0.1) is 17.3 Å². The number of rotatable bonds is 5. The quantitative estimate of drug-likeness (QED) is 0.553. The predicted molar refractivity (Wildman–Crippen MR) is 117 cm³/mol. The Labute approximate surface area is 169 Å². The lowest BCUT2D eigenvalue weighted by molar-refractivity contribution is -0.110. The molecule has 0 saturated carbocycles. The number of amides is 2. The average Bonchev–Trinajstić information content (AvgIpc) is 3.19. The van der Waals surface area contributed by atoms with Crippen molar-refractivity contribution in [3.05, 3.63) is 58.0 Å². The molecule has 5 heteroatoms. The molecule has 0 aliphatic heterocycles. The molecule has 0 aromatic heterocycles. The zero-order valence-electron chi connectivity index (χ0n) is 17.6. The molecular weight excluding hydrogens is 364 g/mol. The molecule has 0 fully saturated rings.